The molecule has 0 aliphatic heterocycles. The number of ether oxygens (including phenoxy) is 1. The molecular formula is C16H15ClO2. The van der Waals surface area contributed by atoms with Crippen molar-refractivity contribution in [3.05, 3.63) is 58.1 Å². The Morgan fingerprint density at radius 1 is 1.11 bits per heavy atom. The van der Waals surface area contributed by atoms with Crippen LogP contribution in [-0.4, -0.2) is 13.1 Å². The van der Waals surface area contributed by atoms with Crippen LogP contribution in [0, 0.1) is 13.8 Å². The third-order valence-corrected chi connectivity index (χ3v) is 3.47. The smallest absolute Gasteiger partial charge is 0.337 e. The molecule has 0 radical (unpaired) electrons. The number of carbonyl (C=O) groups is 1. The first-order chi connectivity index (χ1) is 9.04. The molecule has 2 aromatic rings. The number of rotatable bonds is 2. The molecule has 98 valence electrons. The van der Waals surface area contributed by atoms with Gasteiger partial charge in [-0.25, -0.2) is 4.79 Å². The Hall–Kier alpha value is -1.80. The molecule has 0 spiro atoms. The largest absolute Gasteiger partial charge is 0.465 e. The van der Waals surface area contributed by atoms with Crippen LogP contribution in [-0.2, 0) is 4.74 Å². The van der Waals surface area contributed by atoms with Crippen molar-refractivity contribution in [3.63, 3.8) is 0 Å². The van der Waals surface area contributed by atoms with Crippen LogP contribution < -0.4 is 0 Å². The minimum Gasteiger partial charge on any atom is -0.465 e. The fourth-order valence-electron chi connectivity index (χ4n) is 2.20. The number of methoxy groups -OCH3 is 1. The van der Waals surface area contributed by atoms with Gasteiger partial charge in [0.15, 0.2) is 0 Å². The van der Waals surface area contributed by atoms with Gasteiger partial charge in [-0.15, -0.1) is 0 Å². The van der Waals surface area contributed by atoms with E-state index in [1.54, 1.807) is 18.2 Å². The van der Waals surface area contributed by atoms with Gasteiger partial charge in [-0.2, -0.15) is 0 Å². The van der Waals surface area contributed by atoms with Gasteiger partial charge in [0.05, 0.1) is 12.7 Å². The van der Waals surface area contributed by atoms with Crippen LogP contribution in [0.3, 0.4) is 0 Å². The Morgan fingerprint density at radius 2 is 1.74 bits per heavy atom. The summed E-state index contributed by atoms with van der Waals surface area (Å²) >= 11 is 6.27. The van der Waals surface area contributed by atoms with Crippen LogP contribution in [0.25, 0.3) is 11.1 Å². The molecule has 0 saturated heterocycles. The van der Waals surface area contributed by atoms with E-state index in [1.165, 1.54) is 7.11 Å². The minimum absolute atomic E-state index is 0.357. The first-order valence-electron chi connectivity index (χ1n) is 5.99. The molecule has 2 aromatic carbocycles. The number of hydrogen-bond acceptors (Lipinski definition) is 2. The lowest BCUT2D eigenvalue weighted by Gasteiger charge is -2.12. The second-order valence-electron chi connectivity index (χ2n) is 4.45. The van der Waals surface area contributed by atoms with E-state index in [2.05, 4.69) is 0 Å². The van der Waals surface area contributed by atoms with Crippen LogP contribution in [0.5, 0.6) is 0 Å². The molecule has 0 aromatic heterocycles. The predicted molar refractivity (Wildman–Crippen MR) is 77.7 cm³/mol. The maximum absolute atomic E-state index is 11.6. The van der Waals surface area contributed by atoms with Gasteiger partial charge in [0, 0.05) is 10.6 Å². The summed E-state index contributed by atoms with van der Waals surface area (Å²) in [4.78, 5) is 11.6. The Labute approximate surface area is 118 Å². The lowest BCUT2D eigenvalue weighted by atomic mass is 9.94. The van der Waals surface area contributed by atoms with Gasteiger partial charge in [0.1, 0.15) is 0 Å². The van der Waals surface area contributed by atoms with Crippen molar-refractivity contribution in [2.45, 2.75) is 13.8 Å². The van der Waals surface area contributed by atoms with Crippen molar-refractivity contribution < 1.29 is 9.53 Å². The Bertz CT molecular complexity index is 612. The highest BCUT2D eigenvalue weighted by Crippen LogP contribution is 2.33. The lowest BCUT2D eigenvalue weighted by molar-refractivity contribution is 0.0601. The van der Waals surface area contributed by atoms with E-state index in [0.29, 0.717) is 10.6 Å². The molecule has 19 heavy (non-hydrogen) atoms. The third-order valence-electron chi connectivity index (χ3n) is 3.14. The molecule has 0 amide bonds. The van der Waals surface area contributed by atoms with E-state index in [9.17, 15) is 4.79 Å². The molecule has 2 rings (SSSR count). The predicted octanol–water partition coefficient (Wildman–Crippen LogP) is 4.41. The van der Waals surface area contributed by atoms with Crippen molar-refractivity contribution in [3.8, 4) is 11.1 Å². The molecule has 0 N–H and O–H groups in total. The summed E-state index contributed by atoms with van der Waals surface area (Å²) in [5.74, 6) is -0.357. The number of esters is 1. The number of aryl methyl sites for hydroxylation is 2. The monoisotopic (exact) mass is 274 g/mol. The van der Waals surface area contributed by atoms with E-state index in [4.69, 9.17) is 16.3 Å². The average molecular weight is 275 g/mol. The topological polar surface area (TPSA) is 26.3 Å². The lowest BCUT2D eigenvalue weighted by Crippen LogP contribution is -2.01. The zero-order valence-corrected chi connectivity index (χ0v) is 11.9. The normalized spacial score (nSPS) is 10.3. The Balaban J connectivity index is 2.65. The Kier molecular flexibility index (Phi) is 3.91. The summed E-state index contributed by atoms with van der Waals surface area (Å²) < 4.78 is 4.75. The van der Waals surface area contributed by atoms with Gasteiger partial charge in [0.2, 0.25) is 0 Å². The van der Waals surface area contributed by atoms with E-state index < -0.39 is 0 Å². The van der Waals surface area contributed by atoms with Crippen LogP contribution in [0.4, 0.5) is 0 Å². The first-order valence-corrected chi connectivity index (χ1v) is 6.37. The van der Waals surface area contributed by atoms with Crippen molar-refractivity contribution in [2.24, 2.45) is 0 Å². The van der Waals surface area contributed by atoms with Crippen LogP contribution >= 0.6 is 11.6 Å². The summed E-state index contributed by atoms with van der Waals surface area (Å²) in [5, 5.41) is 0.630. The van der Waals surface area contributed by atoms with Crippen LogP contribution in [0.2, 0.25) is 5.02 Å². The number of halogens is 1. The number of benzene rings is 2. The van der Waals surface area contributed by atoms with Crippen LogP contribution in [0.1, 0.15) is 21.5 Å². The molecule has 0 bridgehead atoms. The summed E-state index contributed by atoms with van der Waals surface area (Å²) in [6.45, 7) is 4.06. The summed E-state index contributed by atoms with van der Waals surface area (Å²) in [7, 11) is 1.37. The molecule has 0 fully saturated rings. The molecule has 3 heteroatoms. The zero-order valence-electron chi connectivity index (χ0n) is 11.2. The summed E-state index contributed by atoms with van der Waals surface area (Å²) in [5.41, 5.74) is 4.69. The standard InChI is InChI=1S/C16H15ClO2/c1-10-5-4-6-11(2)15(10)13-9-12(16(18)19-3)7-8-14(13)17/h4-9H,1-3H3. The van der Waals surface area contributed by atoms with Gasteiger partial charge in [0.25, 0.3) is 0 Å². The molecule has 0 atom stereocenters. The highest BCUT2D eigenvalue weighted by atomic mass is 35.5. The van der Waals surface area contributed by atoms with E-state index in [-0.39, 0.29) is 5.97 Å². The third kappa shape index (κ3) is 2.64. The highest BCUT2D eigenvalue weighted by Gasteiger charge is 2.13. The molecule has 0 unspecified atom stereocenters. The Morgan fingerprint density at radius 3 is 2.32 bits per heavy atom. The van der Waals surface area contributed by atoms with Gasteiger partial charge < -0.3 is 4.74 Å². The van der Waals surface area contributed by atoms with Crippen LogP contribution in [0.15, 0.2) is 36.4 Å². The number of carbonyl (C=O) groups excluding carboxylic acids is 1. The molecule has 2 nitrogen and oxygen atoms in total. The van der Waals surface area contributed by atoms with Crippen molar-refractivity contribution in [2.75, 3.05) is 7.11 Å². The van der Waals surface area contributed by atoms with Gasteiger partial charge in [-0.3, -0.25) is 0 Å². The summed E-state index contributed by atoms with van der Waals surface area (Å²) in [6.07, 6.45) is 0. The van der Waals surface area contributed by atoms with Gasteiger partial charge in [-0.1, -0.05) is 29.8 Å². The van der Waals surface area contributed by atoms with Crippen molar-refractivity contribution in [1.82, 2.24) is 0 Å². The molecule has 0 saturated carbocycles. The minimum atomic E-state index is -0.357. The highest BCUT2D eigenvalue weighted by molar-refractivity contribution is 6.33. The zero-order chi connectivity index (χ0) is 14.0. The first kappa shape index (κ1) is 13.6. The second kappa shape index (κ2) is 5.45. The van der Waals surface area contributed by atoms with E-state index in [1.807, 2.05) is 32.0 Å². The average Bonchev–Trinajstić information content (AvgIpc) is 2.39. The molecular weight excluding hydrogens is 260 g/mol. The molecule has 0 heterocycles. The van der Waals surface area contributed by atoms with Gasteiger partial charge >= 0.3 is 5.97 Å². The quantitative estimate of drug-likeness (QED) is 0.758. The molecule has 0 aliphatic rings. The maximum atomic E-state index is 11.6. The second-order valence-corrected chi connectivity index (χ2v) is 4.86. The fraction of sp³-hybridized carbons (Fsp3) is 0.188. The van der Waals surface area contributed by atoms with Crippen molar-refractivity contribution >= 4 is 17.6 Å². The van der Waals surface area contributed by atoms with E-state index in [0.717, 1.165) is 22.3 Å². The van der Waals surface area contributed by atoms with E-state index >= 15 is 0 Å². The SMILES string of the molecule is COC(=O)c1ccc(Cl)c(-c2c(C)cccc2C)c1. The summed E-state index contributed by atoms with van der Waals surface area (Å²) in [6, 6.07) is 11.3. The molecule has 0 aliphatic carbocycles. The van der Waals surface area contributed by atoms with Crippen molar-refractivity contribution in [1.29, 1.82) is 0 Å². The fourth-order valence-corrected chi connectivity index (χ4v) is 2.41. The van der Waals surface area contributed by atoms with Gasteiger partial charge in [-0.05, 0) is 48.7 Å². The number of hydrogen-bond donors (Lipinski definition) is 0. The maximum Gasteiger partial charge on any atom is 0.337 e.